The molecule has 31 heavy (non-hydrogen) atoms. The lowest BCUT2D eigenvalue weighted by molar-refractivity contribution is 0.0600. The third-order valence-corrected chi connectivity index (χ3v) is 6.49. The highest BCUT2D eigenvalue weighted by Gasteiger charge is 2.25. The van der Waals surface area contributed by atoms with Gasteiger partial charge in [0.05, 0.1) is 28.8 Å². The van der Waals surface area contributed by atoms with E-state index < -0.39 is 21.9 Å². The van der Waals surface area contributed by atoms with Crippen LogP contribution in [-0.2, 0) is 14.8 Å². The summed E-state index contributed by atoms with van der Waals surface area (Å²) in [5, 5.41) is 2.70. The second kappa shape index (κ2) is 9.01. The average Bonchev–Trinajstić information content (AvgIpc) is 2.78. The molecule has 1 N–H and O–H groups in total. The number of amides is 1. The molecular formula is C23H22N2O5S. The Morgan fingerprint density at radius 3 is 2.29 bits per heavy atom. The van der Waals surface area contributed by atoms with Gasteiger partial charge in [0.1, 0.15) is 0 Å². The standard InChI is InChI=1S/C23H22N2O5S/c1-16-11-13-19(14-12-16)31(28,29)25(2)21-10-5-4-9-20(21)22(26)24-18-8-6-7-17(15-18)23(27)30-3/h4-15H,1-3H3,(H,24,26). The van der Waals surface area contributed by atoms with Gasteiger partial charge >= 0.3 is 5.97 Å². The number of benzene rings is 3. The molecule has 7 nitrogen and oxygen atoms in total. The maximum absolute atomic E-state index is 13.1. The number of sulfonamides is 1. The van der Waals surface area contributed by atoms with Crippen LogP contribution in [0.15, 0.2) is 77.7 Å². The fourth-order valence-corrected chi connectivity index (χ4v) is 4.19. The molecule has 0 spiro atoms. The van der Waals surface area contributed by atoms with Crippen LogP contribution in [0.5, 0.6) is 0 Å². The van der Waals surface area contributed by atoms with Gasteiger partial charge < -0.3 is 10.1 Å². The Balaban J connectivity index is 1.92. The first kappa shape index (κ1) is 22.0. The van der Waals surface area contributed by atoms with Crippen LogP contribution in [0.3, 0.4) is 0 Å². The number of ether oxygens (including phenoxy) is 1. The number of rotatable bonds is 6. The highest BCUT2D eigenvalue weighted by atomic mass is 32.2. The Hall–Kier alpha value is -3.65. The predicted molar refractivity (Wildman–Crippen MR) is 119 cm³/mol. The topological polar surface area (TPSA) is 92.8 Å². The van der Waals surface area contributed by atoms with Crippen LogP contribution in [0.2, 0.25) is 0 Å². The number of anilines is 2. The molecular weight excluding hydrogens is 416 g/mol. The number of nitrogens with zero attached hydrogens (tertiary/aromatic N) is 1. The summed E-state index contributed by atoms with van der Waals surface area (Å²) in [6.45, 7) is 1.87. The van der Waals surface area contributed by atoms with Crippen molar-refractivity contribution in [1.29, 1.82) is 0 Å². The number of methoxy groups -OCH3 is 1. The van der Waals surface area contributed by atoms with Crippen LogP contribution >= 0.6 is 0 Å². The molecule has 0 radical (unpaired) electrons. The van der Waals surface area contributed by atoms with Gasteiger partial charge in [-0.3, -0.25) is 9.10 Å². The molecule has 0 fully saturated rings. The van der Waals surface area contributed by atoms with Gasteiger partial charge in [0.15, 0.2) is 0 Å². The lowest BCUT2D eigenvalue weighted by Crippen LogP contribution is -2.29. The molecule has 3 rings (SSSR count). The first-order valence-electron chi connectivity index (χ1n) is 9.38. The summed E-state index contributed by atoms with van der Waals surface area (Å²) in [4.78, 5) is 24.8. The summed E-state index contributed by atoms with van der Waals surface area (Å²) in [6.07, 6.45) is 0. The van der Waals surface area contributed by atoms with Crippen molar-refractivity contribution in [2.24, 2.45) is 0 Å². The highest BCUT2D eigenvalue weighted by molar-refractivity contribution is 7.92. The summed E-state index contributed by atoms with van der Waals surface area (Å²) < 4.78 is 31.9. The minimum Gasteiger partial charge on any atom is -0.465 e. The molecule has 0 aliphatic carbocycles. The number of carbonyl (C=O) groups excluding carboxylic acids is 2. The first-order valence-corrected chi connectivity index (χ1v) is 10.8. The maximum atomic E-state index is 13.1. The van der Waals surface area contributed by atoms with Crippen LogP contribution in [0.4, 0.5) is 11.4 Å². The zero-order chi connectivity index (χ0) is 22.6. The van der Waals surface area contributed by atoms with E-state index in [4.69, 9.17) is 4.74 Å². The number of carbonyl (C=O) groups is 2. The van der Waals surface area contributed by atoms with Gasteiger partial charge in [-0.1, -0.05) is 35.9 Å². The zero-order valence-corrected chi connectivity index (χ0v) is 18.1. The molecule has 0 aromatic heterocycles. The second-order valence-corrected chi connectivity index (χ2v) is 8.80. The Kier molecular flexibility index (Phi) is 6.41. The van der Waals surface area contributed by atoms with E-state index in [9.17, 15) is 18.0 Å². The van der Waals surface area contributed by atoms with Gasteiger partial charge in [0.2, 0.25) is 0 Å². The molecule has 1 amide bonds. The number of nitrogens with one attached hydrogen (secondary N) is 1. The van der Waals surface area contributed by atoms with E-state index in [-0.39, 0.29) is 21.7 Å². The second-order valence-electron chi connectivity index (χ2n) is 6.83. The SMILES string of the molecule is COC(=O)c1cccc(NC(=O)c2ccccc2N(C)S(=O)(=O)c2ccc(C)cc2)c1. The fourth-order valence-electron chi connectivity index (χ4n) is 2.98. The number of para-hydroxylation sites is 1. The first-order chi connectivity index (χ1) is 14.7. The molecule has 0 aliphatic heterocycles. The van der Waals surface area contributed by atoms with E-state index in [1.807, 2.05) is 6.92 Å². The largest absolute Gasteiger partial charge is 0.465 e. The van der Waals surface area contributed by atoms with Crippen molar-refractivity contribution in [3.63, 3.8) is 0 Å². The number of hydrogen-bond acceptors (Lipinski definition) is 5. The summed E-state index contributed by atoms with van der Waals surface area (Å²) in [5.41, 5.74) is 2.00. The lowest BCUT2D eigenvalue weighted by atomic mass is 10.1. The van der Waals surface area contributed by atoms with Gasteiger partial charge in [-0.05, 0) is 49.4 Å². The maximum Gasteiger partial charge on any atom is 0.337 e. The Morgan fingerprint density at radius 2 is 1.61 bits per heavy atom. The van der Waals surface area contributed by atoms with Gasteiger partial charge in [-0.15, -0.1) is 0 Å². The molecule has 0 aliphatic rings. The monoisotopic (exact) mass is 438 g/mol. The third kappa shape index (κ3) is 4.75. The molecule has 0 bridgehead atoms. The summed E-state index contributed by atoms with van der Waals surface area (Å²) in [6, 6.07) is 19.2. The van der Waals surface area contributed by atoms with Crippen LogP contribution < -0.4 is 9.62 Å². The smallest absolute Gasteiger partial charge is 0.337 e. The van der Waals surface area contributed by atoms with Gasteiger partial charge in [-0.25, -0.2) is 13.2 Å². The van der Waals surface area contributed by atoms with Gasteiger partial charge in [-0.2, -0.15) is 0 Å². The van der Waals surface area contributed by atoms with Crippen molar-refractivity contribution in [1.82, 2.24) is 0 Å². The Labute approximate surface area is 181 Å². The quantitative estimate of drug-likeness (QED) is 0.590. The number of hydrogen-bond donors (Lipinski definition) is 1. The molecule has 0 atom stereocenters. The number of esters is 1. The number of aryl methyl sites for hydroxylation is 1. The molecule has 160 valence electrons. The minimum atomic E-state index is -3.87. The molecule has 0 unspecified atom stereocenters. The third-order valence-electron chi connectivity index (χ3n) is 4.71. The van der Waals surface area contributed by atoms with E-state index in [0.717, 1.165) is 9.87 Å². The predicted octanol–water partition coefficient (Wildman–Crippen LogP) is 3.86. The van der Waals surface area contributed by atoms with Crippen molar-refractivity contribution in [3.05, 3.63) is 89.5 Å². The van der Waals surface area contributed by atoms with Crippen molar-refractivity contribution >= 4 is 33.3 Å². The average molecular weight is 439 g/mol. The lowest BCUT2D eigenvalue weighted by Gasteiger charge is -2.22. The zero-order valence-electron chi connectivity index (χ0n) is 17.3. The normalized spacial score (nSPS) is 10.9. The molecule has 0 saturated carbocycles. The Bertz CT molecular complexity index is 1220. The van der Waals surface area contributed by atoms with E-state index >= 15 is 0 Å². The van der Waals surface area contributed by atoms with Gasteiger partial charge in [0, 0.05) is 12.7 Å². The highest BCUT2D eigenvalue weighted by Crippen LogP contribution is 2.27. The summed E-state index contributed by atoms with van der Waals surface area (Å²) in [7, 11) is -1.19. The summed E-state index contributed by atoms with van der Waals surface area (Å²) >= 11 is 0. The van der Waals surface area contributed by atoms with Crippen LogP contribution in [0.1, 0.15) is 26.3 Å². The van der Waals surface area contributed by atoms with Crippen LogP contribution in [0, 0.1) is 6.92 Å². The van der Waals surface area contributed by atoms with E-state index in [1.54, 1.807) is 48.5 Å². The molecule has 0 saturated heterocycles. The molecule has 3 aromatic carbocycles. The minimum absolute atomic E-state index is 0.126. The van der Waals surface area contributed by atoms with Gasteiger partial charge in [0.25, 0.3) is 15.9 Å². The molecule has 0 heterocycles. The van der Waals surface area contributed by atoms with Crippen LogP contribution in [0.25, 0.3) is 0 Å². The van der Waals surface area contributed by atoms with E-state index in [2.05, 4.69) is 5.32 Å². The van der Waals surface area contributed by atoms with Crippen LogP contribution in [-0.4, -0.2) is 34.5 Å². The fraction of sp³-hybridized carbons (Fsp3) is 0.130. The molecule has 3 aromatic rings. The van der Waals surface area contributed by atoms with Crippen molar-refractivity contribution < 1.29 is 22.7 Å². The Morgan fingerprint density at radius 1 is 0.935 bits per heavy atom. The van der Waals surface area contributed by atoms with Crippen molar-refractivity contribution in [2.45, 2.75) is 11.8 Å². The molecule has 8 heteroatoms. The van der Waals surface area contributed by atoms with E-state index in [1.165, 1.54) is 38.4 Å². The van der Waals surface area contributed by atoms with Crippen molar-refractivity contribution in [3.8, 4) is 0 Å². The summed E-state index contributed by atoms with van der Waals surface area (Å²) in [5.74, 6) is -1.04. The van der Waals surface area contributed by atoms with Crippen molar-refractivity contribution in [2.75, 3.05) is 23.8 Å². The van der Waals surface area contributed by atoms with E-state index in [0.29, 0.717) is 5.69 Å².